The predicted octanol–water partition coefficient (Wildman–Crippen LogP) is 4.83. The highest BCUT2D eigenvalue weighted by atomic mass is 16.5. The molecule has 1 aromatic heterocycles. The molecule has 0 spiro atoms. The van der Waals surface area contributed by atoms with E-state index in [0.717, 1.165) is 72.6 Å². The second kappa shape index (κ2) is 9.94. The van der Waals surface area contributed by atoms with E-state index in [1.165, 1.54) is 0 Å². The maximum atomic E-state index is 8.84. The molecule has 0 saturated carbocycles. The Hall–Kier alpha value is -2.77. The van der Waals surface area contributed by atoms with Crippen LogP contribution in [0.3, 0.4) is 0 Å². The van der Waals surface area contributed by atoms with Gasteiger partial charge in [0.2, 0.25) is 0 Å². The summed E-state index contributed by atoms with van der Waals surface area (Å²) in [5.74, 6) is 0.433. The molecule has 0 unspecified atom stereocenters. The Morgan fingerprint density at radius 3 is 2.33 bits per heavy atom. The first-order chi connectivity index (χ1) is 16.8. The fourth-order valence-corrected chi connectivity index (χ4v) is 5.95. The van der Waals surface area contributed by atoms with Crippen LogP contribution in [0.2, 0.25) is 0 Å². The molecule has 3 N–H and O–H groups in total. The summed E-state index contributed by atoms with van der Waals surface area (Å²) in [6.45, 7) is 16.1. The van der Waals surface area contributed by atoms with Gasteiger partial charge >= 0.3 is 0 Å². The Labute approximate surface area is 215 Å². The van der Waals surface area contributed by atoms with Crippen molar-refractivity contribution < 1.29 is 4.74 Å². The SMILES string of the molecule is Cc1cc(N2CCOCC2)c2cc(C(=N)/C=C\C(=N)N(C)C3CC(C)(C)NC(C)(C)C3)c(C)cc2n1. The topological polar surface area (TPSA) is 88.3 Å². The number of fused-ring (bicyclic) bond motifs is 1. The van der Waals surface area contributed by atoms with Crippen LogP contribution >= 0.6 is 0 Å². The molecule has 2 aliphatic rings. The van der Waals surface area contributed by atoms with Gasteiger partial charge in [0, 0.05) is 59.6 Å². The monoisotopic (exact) mass is 490 g/mol. The first kappa shape index (κ1) is 26.3. The van der Waals surface area contributed by atoms with Gasteiger partial charge in [0.1, 0.15) is 5.84 Å². The van der Waals surface area contributed by atoms with Gasteiger partial charge in [0.25, 0.3) is 0 Å². The molecule has 0 atom stereocenters. The molecular formula is C29H42N6O. The number of allylic oxidation sites excluding steroid dienone is 1. The lowest BCUT2D eigenvalue weighted by atomic mass is 9.79. The molecule has 36 heavy (non-hydrogen) atoms. The zero-order valence-corrected chi connectivity index (χ0v) is 23.0. The zero-order valence-electron chi connectivity index (χ0n) is 23.0. The number of benzene rings is 1. The van der Waals surface area contributed by atoms with E-state index in [9.17, 15) is 0 Å². The molecule has 0 aliphatic carbocycles. The van der Waals surface area contributed by atoms with Crippen molar-refractivity contribution in [2.24, 2.45) is 0 Å². The van der Waals surface area contributed by atoms with Crippen LogP contribution in [0.15, 0.2) is 30.4 Å². The van der Waals surface area contributed by atoms with E-state index in [-0.39, 0.29) is 17.1 Å². The van der Waals surface area contributed by atoms with E-state index < -0.39 is 0 Å². The van der Waals surface area contributed by atoms with Gasteiger partial charge in [-0.25, -0.2) is 0 Å². The minimum atomic E-state index is 0.0180. The molecule has 2 aromatic rings. The molecule has 194 valence electrons. The molecule has 3 heterocycles. The number of anilines is 1. The van der Waals surface area contributed by atoms with Gasteiger partial charge in [0.15, 0.2) is 0 Å². The number of hydrogen-bond donors (Lipinski definition) is 3. The summed E-state index contributed by atoms with van der Waals surface area (Å²) in [6.07, 6.45) is 5.48. The van der Waals surface area contributed by atoms with Crippen molar-refractivity contribution in [2.75, 3.05) is 38.3 Å². The lowest BCUT2D eigenvalue weighted by Crippen LogP contribution is -2.62. The molecule has 2 fully saturated rings. The van der Waals surface area contributed by atoms with Gasteiger partial charge in [-0.2, -0.15) is 0 Å². The number of rotatable bonds is 5. The van der Waals surface area contributed by atoms with Gasteiger partial charge < -0.3 is 25.3 Å². The van der Waals surface area contributed by atoms with E-state index in [4.69, 9.17) is 20.5 Å². The smallest absolute Gasteiger partial charge is 0.120 e. The highest BCUT2D eigenvalue weighted by molar-refractivity contribution is 6.12. The molecule has 7 nitrogen and oxygen atoms in total. The molecule has 0 amide bonds. The summed E-state index contributed by atoms with van der Waals surface area (Å²) in [5, 5.41) is 22.3. The van der Waals surface area contributed by atoms with Crippen LogP contribution in [0.4, 0.5) is 5.69 Å². The highest BCUT2D eigenvalue weighted by Crippen LogP contribution is 2.32. The van der Waals surface area contributed by atoms with Crippen molar-refractivity contribution in [3.8, 4) is 0 Å². The second-order valence-electron chi connectivity index (χ2n) is 11.8. The van der Waals surface area contributed by atoms with Gasteiger partial charge in [-0.15, -0.1) is 0 Å². The molecule has 4 rings (SSSR count). The summed E-state index contributed by atoms with van der Waals surface area (Å²) >= 11 is 0. The summed E-state index contributed by atoms with van der Waals surface area (Å²) in [7, 11) is 2.00. The molecule has 0 radical (unpaired) electrons. The third-order valence-corrected chi connectivity index (χ3v) is 7.41. The van der Waals surface area contributed by atoms with Gasteiger partial charge in [-0.1, -0.05) is 0 Å². The fourth-order valence-electron chi connectivity index (χ4n) is 5.95. The highest BCUT2D eigenvalue weighted by Gasteiger charge is 2.39. The number of nitrogens with one attached hydrogen (secondary N) is 3. The molecule has 1 aromatic carbocycles. The number of aromatic nitrogens is 1. The summed E-state index contributed by atoms with van der Waals surface area (Å²) in [4.78, 5) is 9.19. The van der Waals surface area contributed by atoms with Crippen molar-refractivity contribution in [1.29, 1.82) is 10.8 Å². The zero-order chi connectivity index (χ0) is 26.3. The standard InChI is InChI=1S/C29H42N6O/c1-19-14-25-23(26(15-20(2)32-25)35-10-12-36-13-11-35)16-22(19)24(30)8-9-27(31)34(7)21-17-28(3,4)33-29(5,6)18-21/h8-9,14-16,21,30-31,33H,10-13,17-18H2,1-7H3/b9-8-,30-24?,31-27?. The third-order valence-electron chi connectivity index (χ3n) is 7.41. The number of piperidine rings is 1. The van der Waals surface area contributed by atoms with Crippen molar-refractivity contribution in [3.05, 3.63) is 47.2 Å². The maximum absolute atomic E-state index is 8.84. The number of morpholine rings is 1. The fraction of sp³-hybridized carbons (Fsp3) is 0.552. The number of aryl methyl sites for hydroxylation is 2. The van der Waals surface area contributed by atoms with Crippen LogP contribution < -0.4 is 10.2 Å². The lowest BCUT2D eigenvalue weighted by Gasteiger charge is -2.49. The van der Waals surface area contributed by atoms with Gasteiger partial charge in [-0.3, -0.25) is 10.4 Å². The number of pyridine rings is 1. The van der Waals surface area contributed by atoms with Crippen molar-refractivity contribution in [2.45, 2.75) is 71.5 Å². The number of ether oxygens (including phenoxy) is 1. The second-order valence-corrected chi connectivity index (χ2v) is 11.8. The Morgan fingerprint density at radius 2 is 1.69 bits per heavy atom. The van der Waals surface area contributed by atoms with Gasteiger partial charge in [-0.05, 0) is 90.3 Å². The van der Waals surface area contributed by atoms with Crippen LogP contribution in [-0.2, 0) is 4.74 Å². The maximum Gasteiger partial charge on any atom is 0.120 e. The summed E-state index contributed by atoms with van der Waals surface area (Å²) in [5.41, 5.74) is 5.44. The Bertz CT molecular complexity index is 1180. The normalized spacial score (nSPS) is 20.1. The number of amidine groups is 1. The molecule has 2 aliphatic heterocycles. The van der Waals surface area contributed by atoms with E-state index in [1.54, 1.807) is 12.2 Å². The van der Waals surface area contributed by atoms with Gasteiger partial charge in [0.05, 0.1) is 24.4 Å². The van der Waals surface area contributed by atoms with Crippen LogP contribution in [0.25, 0.3) is 10.9 Å². The molecule has 2 saturated heterocycles. The Morgan fingerprint density at radius 1 is 1.06 bits per heavy atom. The number of likely N-dealkylation sites (N-methyl/N-ethyl adjacent to an activating group) is 1. The lowest BCUT2D eigenvalue weighted by molar-refractivity contribution is 0.114. The summed E-state index contributed by atoms with van der Waals surface area (Å²) < 4.78 is 5.56. The van der Waals surface area contributed by atoms with Crippen LogP contribution in [-0.4, -0.2) is 71.9 Å². The minimum absolute atomic E-state index is 0.0180. The summed E-state index contributed by atoms with van der Waals surface area (Å²) in [6, 6.07) is 6.59. The Kier molecular flexibility index (Phi) is 7.26. The average Bonchev–Trinajstić information content (AvgIpc) is 2.79. The Balaban J connectivity index is 1.57. The van der Waals surface area contributed by atoms with Crippen molar-refractivity contribution in [3.63, 3.8) is 0 Å². The van der Waals surface area contributed by atoms with Crippen molar-refractivity contribution in [1.82, 2.24) is 15.2 Å². The molecule has 7 heteroatoms. The largest absolute Gasteiger partial charge is 0.378 e. The minimum Gasteiger partial charge on any atom is -0.378 e. The quantitative estimate of drug-likeness (QED) is 0.413. The average molecular weight is 491 g/mol. The third kappa shape index (κ3) is 5.79. The first-order valence-electron chi connectivity index (χ1n) is 13.0. The van der Waals surface area contributed by atoms with E-state index >= 15 is 0 Å². The molecular weight excluding hydrogens is 448 g/mol. The predicted molar refractivity (Wildman–Crippen MR) is 150 cm³/mol. The van der Waals surface area contributed by atoms with E-state index in [0.29, 0.717) is 11.5 Å². The van der Waals surface area contributed by atoms with Crippen LogP contribution in [0.1, 0.15) is 57.4 Å². The van der Waals surface area contributed by atoms with Crippen LogP contribution in [0, 0.1) is 24.7 Å². The van der Waals surface area contributed by atoms with Crippen molar-refractivity contribution >= 4 is 28.1 Å². The number of nitrogens with zero attached hydrogens (tertiary/aromatic N) is 3. The molecule has 0 bridgehead atoms. The number of hydrogen-bond acceptors (Lipinski definition) is 6. The van der Waals surface area contributed by atoms with Crippen LogP contribution in [0.5, 0.6) is 0 Å². The van der Waals surface area contributed by atoms with E-state index in [1.807, 2.05) is 20.9 Å². The first-order valence-corrected chi connectivity index (χ1v) is 13.0. The van der Waals surface area contributed by atoms with E-state index in [2.05, 4.69) is 61.0 Å².